The van der Waals surface area contributed by atoms with Crippen LogP contribution < -0.4 is 20.7 Å². The lowest BCUT2D eigenvalue weighted by atomic mass is 10.1. The lowest BCUT2D eigenvalue weighted by Gasteiger charge is -2.14. The molecule has 3 N–H and O–H groups in total. The molecule has 7 nitrogen and oxygen atoms in total. The summed E-state index contributed by atoms with van der Waals surface area (Å²) in [6, 6.07) is 13.1. The van der Waals surface area contributed by atoms with Gasteiger partial charge in [-0.3, -0.25) is 9.59 Å². The molecule has 8 heteroatoms. The smallest absolute Gasteiger partial charge is 0.255 e. The van der Waals surface area contributed by atoms with E-state index in [2.05, 4.69) is 20.9 Å². The van der Waals surface area contributed by atoms with E-state index >= 15 is 0 Å². The molecule has 1 aliphatic heterocycles. The third-order valence-electron chi connectivity index (χ3n) is 5.28. The quantitative estimate of drug-likeness (QED) is 0.487. The van der Waals surface area contributed by atoms with E-state index in [4.69, 9.17) is 4.74 Å². The number of carbonyl (C=O) groups is 2. The average molecular weight is 451 g/mol. The van der Waals surface area contributed by atoms with Crippen molar-refractivity contribution in [1.29, 1.82) is 0 Å². The molecule has 1 aliphatic rings. The molecular formula is C24H26N4O3S. The monoisotopic (exact) mass is 450 g/mol. The summed E-state index contributed by atoms with van der Waals surface area (Å²) in [5, 5.41) is 12.0. The van der Waals surface area contributed by atoms with Gasteiger partial charge in [0.15, 0.2) is 0 Å². The van der Waals surface area contributed by atoms with Crippen molar-refractivity contribution < 1.29 is 14.3 Å². The molecular weight excluding hydrogens is 424 g/mol. The standard InChI is InChI=1S/C24H26N4O3S/c1-2-31-21-7-6-19(28-22(29)18-8-9-25-15-18)13-20(21)23(30)27-14-16-4-3-5-17(12-16)24-26-10-11-32-24/h3-7,10-13,18,25H,2,8-9,14-15H2,1H3,(H,27,30)(H,28,29). The zero-order chi connectivity index (χ0) is 22.3. The third kappa shape index (κ3) is 5.33. The number of nitrogens with zero attached hydrogens (tertiary/aromatic N) is 1. The minimum absolute atomic E-state index is 0.0375. The molecule has 0 radical (unpaired) electrons. The maximum absolute atomic E-state index is 13.0. The molecule has 1 saturated heterocycles. The number of nitrogens with one attached hydrogen (secondary N) is 3. The SMILES string of the molecule is CCOc1ccc(NC(=O)C2CCNC2)cc1C(=O)NCc1cccc(-c2nccs2)c1. The van der Waals surface area contributed by atoms with Crippen molar-refractivity contribution in [2.75, 3.05) is 25.0 Å². The summed E-state index contributed by atoms with van der Waals surface area (Å²) in [6.45, 7) is 4.20. The minimum atomic E-state index is -0.258. The van der Waals surface area contributed by atoms with Crippen molar-refractivity contribution in [2.24, 2.45) is 5.92 Å². The highest BCUT2D eigenvalue weighted by atomic mass is 32.1. The molecule has 1 atom stereocenters. The van der Waals surface area contributed by atoms with E-state index in [0.717, 1.165) is 29.1 Å². The van der Waals surface area contributed by atoms with E-state index in [9.17, 15) is 9.59 Å². The van der Waals surface area contributed by atoms with E-state index in [1.165, 1.54) is 0 Å². The van der Waals surface area contributed by atoms with Crippen molar-refractivity contribution in [3.63, 3.8) is 0 Å². The second kappa shape index (κ2) is 10.4. The summed E-state index contributed by atoms with van der Waals surface area (Å²) in [4.78, 5) is 29.8. The lowest BCUT2D eigenvalue weighted by Crippen LogP contribution is -2.26. The van der Waals surface area contributed by atoms with Gasteiger partial charge in [-0.25, -0.2) is 4.98 Å². The van der Waals surface area contributed by atoms with Crippen molar-refractivity contribution in [1.82, 2.24) is 15.6 Å². The zero-order valence-corrected chi connectivity index (χ0v) is 18.7. The van der Waals surface area contributed by atoms with Gasteiger partial charge in [-0.15, -0.1) is 11.3 Å². The molecule has 0 spiro atoms. The first-order chi connectivity index (χ1) is 15.6. The Bertz CT molecular complexity index is 1080. The Morgan fingerprint density at radius 1 is 1.25 bits per heavy atom. The molecule has 2 amide bonds. The Balaban J connectivity index is 1.46. The number of hydrogen-bond donors (Lipinski definition) is 3. The highest BCUT2D eigenvalue weighted by Crippen LogP contribution is 2.25. The van der Waals surface area contributed by atoms with Crippen LogP contribution in [0.1, 0.15) is 29.3 Å². The fraction of sp³-hybridized carbons (Fsp3) is 0.292. The van der Waals surface area contributed by atoms with Crippen LogP contribution in [0.25, 0.3) is 10.6 Å². The molecule has 0 saturated carbocycles. The van der Waals surface area contributed by atoms with Gasteiger partial charge in [-0.05, 0) is 49.7 Å². The average Bonchev–Trinajstić information content (AvgIpc) is 3.53. The van der Waals surface area contributed by atoms with E-state index in [0.29, 0.717) is 36.7 Å². The highest BCUT2D eigenvalue weighted by Gasteiger charge is 2.23. The molecule has 4 rings (SSSR count). The Hall–Kier alpha value is -3.23. The molecule has 0 bridgehead atoms. The Morgan fingerprint density at radius 2 is 2.16 bits per heavy atom. The van der Waals surface area contributed by atoms with Crippen molar-refractivity contribution >= 4 is 28.8 Å². The number of rotatable bonds is 8. The Morgan fingerprint density at radius 3 is 2.91 bits per heavy atom. The van der Waals surface area contributed by atoms with Gasteiger partial charge in [0.2, 0.25) is 5.91 Å². The summed E-state index contributed by atoms with van der Waals surface area (Å²) in [5.41, 5.74) is 2.97. The van der Waals surface area contributed by atoms with Gasteiger partial charge in [0.25, 0.3) is 5.91 Å². The molecule has 166 valence electrons. The third-order valence-corrected chi connectivity index (χ3v) is 6.10. The predicted octanol–water partition coefficient (Wildman–Crippen LogP) is 3.69. The van der Waals surface area contributed by atoms with Crippen molar-refractivity contribution in [3.8, 4) is 16.3 Å². The van der Waals surface area contributed by atoms with Crippen LogP contribution in [0.3, 0.4) is 0 Å². The lowest BCUT2D eigenvalue weighted by molar-refractivity contribution is -0.119. The van der Waals surface area contributed by atoms with Crippen LogP contribution in [-0.4, -0.2) is 36.5 Å². The van der Waals surface area contributed by atoms with Crippen LogP contribution in [0.15, 0.2) is 54.0 Å². The van der Waals surface area contributed by atoms with Gasteiger partial charge in [0.05, 0.1) is 18.1 Å². The van der Waals surface area contributed by atoms with E-state index < -0.39 is 0 Å². The van der Waals surface area contributed by atoms with Crippen molar-refractivity contribution in [3.05, 3.63) is 65.2 Å². The number of ether oxygens (including phenoxy) is 1. The number of thiazole rings is 1. The molecule has 1 fully saturated rings. The molecule has 32 heavy (non-hydrogen) atoms. The second-order valence-corrected chi connectivity index (χ2v) is 8.44. The fourth-order valence-electron chi connectivity index (χ4n) is 3.65. The topological polar surface area (TPSA) is 92.4 Å². The van der Waals surface area contributed by atoms with Gasteiger partial charge < -0.3 is 20.7 Å². The maximum Gasteiger partial charge on any atom is 0.255 e. The van der Waals surface area contributed by atoms with Crippen LogP contribution in [0.2, 0.25) is 0 Å². The number of anilines is 1. The second-order valence-electron chi connectivity index (χ2n) is 7.54. The van der Waals surface area contributed by atoms with E-state index in [1.54, 1.807) is 35.7 Å². The maximum atomic E-state index is 13.0. The molecule has 0 aliphatic carbocycles. The Kier molecular flexibility index (Phi) is 7.14. The van der Waals surface area contributed by atoms with Crippen LogP contribution in [0, 0.1) is 5.92 Å². The summed E-state index contributed by atoms with van der Waals surface area (Å²) < 4.78 is 5.65. The fourth-order valence-corrected chi connectivity index (χ4v) is 4.28. The zero-order valence-electron chi connectivity index (χ0n) is 17.9. The number of benzene rings is 2. The largest absolute Gasteiger partial charge is 0.493 e. The predicted molar refractivity (Wildman–Crippen MR) is 126 cm³/mol. The summed E-state index contributed by atoms with van der Waals surface area (Å²) in [7, 11) is 0. The number of hydrogen-bond acceptors (Lipinski definition) is 6. The van der Waals surface area contributed by atoms with Gasteiger partial charge >= 0.3 is 0 Å². The van der Waals surface area contributed by atoms with Gasteiger partial charge in [-0.1, -0.05) is 18.2 Å². The van der Waals surface area contributed by atoms with E-state index in [-0.39, 0.29) is 17.7 Å². The van der Waals surface area contributed by atoms with Gasteiger partial charge in [0.1, 0.15) is 10.8 Å². The number of carbonyl (C=O) groups excluding carboxylic acids is 2. The highest BCUT2D eigenvalue weighted by molar-refractivity contribution is 7.13. The molecule has 1 aromatic heterocycles. The first kappa shape index (κ1) is 22.0. The Labute approximate surface area is 191 Å². The first-order valence-electron chi connectivity index (χ1n) is 10.7. The van der Waals surface area contributed by atoms with Crippen LogP contribution in [0.5, 0.6) is 5.75 Å². The summed E-state index contributed by atoms with van der Waals surface area (Å²) in [5.74, 6) is 0.141. The molecule has 2 aromatic carbocycles. The van der Waals surface area contributed by atoms with Crippen LogP contribution in [0.4, 0.5) is 5.69 Å². The summed E-state index contributed by atoms with van der Waals surface area (Å²) in [6.07, 6.45) is 2.59. The van der Waals surface area contributed by atoms with Crippen LogP contribution >= 0.6 is 11.3 Å². The number of aromatic nitrogens is 1. The first-order valence-corrected chi connectivity index (χ1v) is 11.6. The minimum Gasteiger partial charge on any atom is -0.493 e. The van der Waals surface area contributed by atoms with Crippen molar-refractivity contribution in [2.45, 2.75) is 19.9 Å². The molecule has 2 heterocycles. The van der Waals surface area contributed by atoms with E-state index in [1.807, 2.05) is 36.6 Å². The van der Waals surface area contributed by atoms with Gasteiger partial charge in [0, 0.05) is 35.9 Å². The molecule has 1 unspecified atom stereocenters. The van der Waals surface area contributed by atoms with Gasteiger partial charge in [-0.2, -0.15) is 0 Å². The summed E-state index contributed by atoms with van der Waals surface area (Å²) >= 11 is 1.58. The van der Waals surface area contributed by atoms with Crippen LogP contribution in [-0.2, 0) is 11.3 Å². The normalized spacial score (nSPS) is 15.3. The number of amides is 2. The molecule has 3 aromatic rings.